The number of carbonyl (C=O) groups excluding carboxylic acids is 1. The lowest BCUT2D eigenvalue weighted by molar-refractivity contribution is -0.142. The van der Waals surface area contributed by atoms with Crippen LogP contribution < -0.4 is 0 Å². The zero-order valence-electron chi connectivity index (χ0n) is 19.3. The van der Waals surface area contributed by atoms with Gasteiger partial charge in [-0.05, 0) is 79.4 Å². The molecule has 1 aromatic carbocycles. The standard InChI is InChI=1S/C27H33N5O/c28-13-20-1-3-21(4-2-20)15-32-19-29-14-25(32)16-30-5-6-31(26(33)17-30)18-27-10-22-7-23(11-27)9-24(8-22)12-27/h1-4,14,19,22-24H,5-12,15-18H2. The van der Waals surface area contributed by atoms with Crippen LogP contribution in [0.2, 0.25) is 0 Å². The Kier molecular flexibility index (Phi) is 5.25. The van der Waals surface area contributed by atoms with E-state index in [2.05, 4.69) is 25.4 Å². The first kappa shape index (κ1) is 20.9. The molecule has 6 nitrogen and oxygen atoms in total. The molecule has 1 amide bonds. The highest BCUT2D eigenvalue weighted by Gasteiger charge is 2.51. The second kappa shape index (κ2) is 8.29. The molecule has 0 radical (unpaired) electrons. The van der Waals surface area contributed by atoms with Gasteiger partial charge in [0.2, 0.25) is 5.91 Å². The molecule has 1 saturated heterocycles. The highest BCUT2D eigenvalue weighted by atomic mass is 16.2. The first-order valence-electron chi connectivity index (χ1n) is 12.6. The molecule has 1 aliphatic heterocycles. The van der Waals surface area contributed by atoms with Gasteiger partial charge in [-0.2, -0.15) is 5.26 Å². The van der Waals surface area contributed by atoms with Crippen LogP contribution in [0, 0.1) is 34.5 Å². The molecule has 6 heteroatoms. The number of nitriles is 1. The molecular formula is C27H33N5O. The van der Waals surface area contributed by atoms with Crippen LogP contribution >= 0.6 is 0 Å². The highest BCUT2D eigenvalue weighted by Crippen LogP contribution is 2.60. The van der Waals surface area contributed by atoms with E-state index in [-0.39, 0.29) is 0 Å². The molecule has 7 rings (SSSR count). The van der Waals surface area contributed by atoms with Gasteiger partial charge in [0.1, 0.15) is 0 Å². The maximum Gasteiger partial charge on any atom is 0.236 e. The van der Waals surface area contributed by atoms with Crippen molar-refractivity contribution >= 4 is 5.91 Å². The average molecular weight is 444 g/mol. The predicted molar refractivity (Wildman–Crippen MR) is 125 cm³/mol. The van der Waals surface area contributed by atoms with Crippen LogP contribution in [-0.4, -0.2) is 51.4 Å². The Morgan fingerprint density at radius 1 is 1.00 bits per heavy atom. The van der Waals surface area contributed by atoms with E-state index < -0.39 is 0 Å². The van der Waals surface area contributed by atoms with E-state index in [1.54, 1.807) is 0 Å². The largest absolute Gasteiger partial charge is 0.340 e. The third-order valence-corrected chi connectivity index (χ3v) is 8.71. The Labute approximate surface area is 196 Å². The lowest BCUT2D eigenvalue weighted by Gasteiger charge is -2.58. The van der Waals surface area contributed by atoms with Gasteiger partial charge in [-0.1, -0.05) is 12.1 Å². The molecule has 4 bridgehead atoms. The Hall–Kier alpha value is -2.65. The molecule has 0 N–H and O–H groups in total. The van der Waals surface area contributed by atoms with Crippen molar-refractivity contribution in [2.75, 3.05) is 26.2 Å². The summed E-state index contributed by atoms with van der Waals surface area (Å²) in [4.78, 5) is 22.0. The molecule has 5 aliphatic rings. The number of piperazine rings is 1. The van der Waals surface area contributed by atoms with E-state index in [9.17, 15) is 4.79 Å². The lowest BCUT2D eigenvalue weighted by Crippen LogP contribution is -2.56. The number of imidazole rings is 1. The maximum absolute atomic E-state index is 13.1. The molecule has 4 saturated carbocycles. The van der Waals surface area contributed by atoms with Gasteiger partial charge in [0, 0.05) is 38.9 Å². The van der Waals surface area contributed by atoms with Crippen LogP contribution in [0.25, 0.3) is 0 Å². The number of rotatable bonds is 6. The molecule has 1 aromatic heterocycles. The van der Waals surface area contributed by atoms with Crippen molar-refractivity contribution in [1.82, 2.24) is 19.4 Å². The molecule has 33 heavy (non-hydrogen) atoms. The molecule has 5 fully saturated rings. The van der Waals surface area contributed by atoms with Crippen molar-refractivity contribution < 1.29 is 4.79 Å². The highest BCUT2D eigenvalue weighted by molar-refractivity contribution is 5.79. The number of hydrogen-bond acceptors (Lipinski definition) is 4. The summed E-state index contributed by atoms with van der Waals surface area (Å²) in [7, 11) is 0. The fraction of sp³-hybridized carbons (Fsp3) is 0.593. The zero-order chi connectivity index (χ0) is 22.4. The van der Waals surface area contributed by atoms with Gasteiger partial charge >= 0.3 is 0 Å². The van der Waals surface area contributed by atoms with Crippen LogP contribution in [0.1, 0.15) is 55.3 Å². The van der Waals surface area contributed by atoms with Gasteiger partial charge < -0.3 is 9.47 Å². The second-order valence-electron chi connectivity index (χ2n) is 11.3. The van der Waals surface area contributed by atoms with Gasteiger partial charge in [0.15, 0.2) is 0 Å². The van der Waals surface area contributed by atoms with E-state index in [1.807, 2.05) is 36.8 Å². The summed E-state index contributed by atoms with van der Waals surface area (Å²) in [5, 5.41) is 9.00. The smallest absolute Gasteiger partial charge is 0.236 e. The third kappa shape index (κ3) is 4.19. The Morgan fingerprint density at radius 3 is 2.33 bits per heavy atom. The van der Waals surface area contributed by atoms with Crippen molar-refractivity contribution in [2.45, 2.75) is 51.6 Å². The normalized spacial score (nSPS) is 31.2. The fourth-order valence-corrected chi connectivity index (χ4v) is 7.68. The van der Waals surface area contributed by atoms with Gasteiger partial charge in [-0.3, -0.25) is 9.69 Å². The Balaban J connectivity index is 1.06. The number of aromatic nitrogens is 2. The number of benzene rings is 1. The van der Waals surface area contributed by atoms with Crippen molar-refractivity contribution in [3.05, 3.63) is 53.6 Å². The quantitative estimate of drug-likeness (QED) is 0.683. The Morgan fingerprint density at radius 2 is 1.70 bits per heavy atom. The average Bonchev–Trinajstić information content (AvgIpc) is 3.21. The molecule has 0 atom stereocenters. The van der Waals surface area contributed by atoms with Gasteiger partial charge in [0.25, 0.3) is 0 Å². The van der Waals surface area contributed by atoms with E-state index in [4.69, 9.17) is 5.26 Å². The minimum absolute atomic E-state index is 0.301. The SMILES string of the molecule is N#Cc1ccc(Cn2cncc2CN2CCN(CC34CC5CC(CC(C5)C3)C4)C(=O)C2)cc1. The summed E-state index contributed by atoms with van der Waals surface area (Å²) in [5.41, 5.74) is 3.37. The first-order valence-corrected chi connectivity index (χ1v) is 12.6. The molecule has 0 unspecified atom stereocenters. The molecular weight excluding hydrogens is 410 g/mol. The summed E-state index contributed by atoms with van der Waals surface area (Å²) < 4.78 is 2.15. The molecule has 0 spiro atoms. The minimum atomic E-state index is 0.301. The van der Waals surface area contributed by atoms with Crippen LogP contribution in [0.15, 0.2) is 36.8 Å². The molecule has 2 aromatic rings. The molecule has 2 heterocycles. The van der Waals surface area contributed by atoms with Crippen LogP contribution in [0.5, 0.6) is 0 Å². The van der Waals surface area contributed by atoms with Crippen LogP contribution in [0.3, 0.4) is 0 Å². The van der Waals surface area contributed by atoms with Crippen molar-refractivity contribution in [3.8, 4) is 6.07 Å². The van der Waals surface area contributed by atoms with E-state index in [0.29, 0.717) is 23.4 Å². The van der Waals surface area contributed by atoms with Crippen molar-refractivity contribution in [1.29, 1.82) is 5.26 Å². The number of hydrogen-bond donors (Lipinski definition) is 0. The summed E-state index contributed by atoms with van der Waals surface area (Å²) >= 11 is 0. The number of carbonyl (C=O) groups is 1. The number of nitrogens with zero attached hydrogens (tertiary/aromatic N) is 5. The van der Waals surface area contributed by atoms with Crippen LogP contribution in [0.4, 0.5) is 0 Å². The summed E-state index contributed by atoms with van der Waals surface area (Å²) in [6.45, 7) is 4.76. The molecule has 4 aliphatic carbocycles. The first-order chi connectivity index (χ1) is 16.1. The van der Waals surface area contributed by atoms with Gasteiger partial charge in [-0.15, -0.1) is 0 Å². The summed E-state index contributed by atoms with van der Waals surface area (Å²) in [6.07, 6.45) is 12.2. The lowest BCUT2D eigenvalue weighted by atomic mass is 9.49. The van der Waals surface area contributed by atoms with Crippen molar-refractivity contribution in [2.24, 2.45) is 23.2 Å². The second-order valence-corrected chi connectivity index (χ2v) is 11.3. The van der Waals surface area contributed by atoms with E-state index in [1.165, 1.54) is 38.5 Å². The number of amides is 1. The van der Waals surface area contributed by atoms with E-state index >= 15 is 0 Å². The van der Waals surface area contributed by atoms with Gasteiger partial charge in [0.05, 0.1) is 30.2 Å². The van der Waals surface area contributed by atoms with Crippen LogP contribution in [-0.2, 0) is 17.9 Å². The summed E-state index contributed by atoms with van der Waals surface area (Å²) in [5.74, 6) is 3.10. The van der Waals surface area contributed by atoms with Crippen molar-refractivity contribution in [3.63, 3.8) is 0 Å². The van der Waals surface area contributed by atoms with Gasteiger partial charge in [-0.25, -0.2) is 4.98 Å². The zero-order valence-corrected chi connectivity index (χ0v) is 19.3. The fourth-order valence-electron chi connectivity index (χ4n) is 7.68. The van der Waals surface area contributed by atoms with E-state index in [0.717, 1.165) is 61.7 Å². The Bertz CT molecular complexity index is 1030. The predicted octanol–water partition coefficient (Wildman–Crippen LogP) is 3.66. The maximum atomic E-state index is 13.1. The monoisotopic (exact) mass is 443 g/mol. The third-order valence-electron chi connectivity index (χ3n) is 8.71. The summed E-state index contributed by atoms with van der Waals surface area (Å²) in [6, 6.07) is 9.87. The molecule has 172 valence electrons. The topological polar surface area (TPSA) is 65.2 Å². The minimum Gasteiger partial charge on any atom is -0.340 e.